The van der Waals surface area contributed by atoms with Gasteiger partial charge in [-0.05, 0) is 31.0 Å². The maximum absolute atomic E-state index is 9.89. The third kappa shape index (κ3) is 5.20. The van der Waals surface area contributed by atoms with Crippen LogP contribution in [0.5, 0.6) is 5.75 Å². The Morgan fingerprint density at radius 3 is 2.41 bits per heavy atom. The quantitative estimate of drug-likeness (QED) is 0.708. The monoisotopic (exact) mass is 238 g/mol. The SMILES string of the molecule is CCCOc1ccc(C(O)CCOCC)cc1. The molecule has 0 radical (unpaired) electrons. The lowest BCUT2D eigenvalue weighted by Crippen LogP contribution is -2.03. The third-order valence-corrected chi connectivity index (χ3v) is 2.48. The molecule has 0 aliphatic rings. The van der Waals surface area contributed by atoms with Gasteiger partial charge in [0.1, 0.15) is 5.75 Å². The third-order valence-electron chi connectivity index (χ3n) is 2.48. The van der Waals surface area contributed by atoms with Crippen LogP contribution in [0, 0.1) is 0 Å². The van der Waals surface area contributed by atoms with Gasteiger partial charge in [-0.25, -0.2) is 0 Å². The lowest BCUT2D eigenvalue weighted by molar-refractivity contribution is 0.0886. The van der Waals surface area contributed by atoms with Crippen LogP contribution in [-0.2, 0) is 4.74 Å². The van der Waals surface area contributed by atoms with Crippen LogP contribution in [0.2, 0.25) is 0 Å². The molecule has 1 rings (SSSR count). The molecule has 3 nitrogen and oxygen atoms in total. The van der Waals surface area contributed by atoms with Gasteiger partial charge in [-0.3, -0.25) is 0 Å². The molecule has 1 unspecified atom stereocenters. The molecule has 0 spiro atoms. The van der Waals surface area contributed by atoms with E-state index in [1.807, 2.05) is 31.2 Å². The van der Waals surface area contributed by atoms with Crippen LogP contribution in [0.4, 0.5) is 0 Å². The number of hydrogen-bond donors (Lipinski definition) is 1. The van der Waals surface area contributed by atoms with Crippen molar-refractivity contribution >= 4 is 0 Å². The number of aliphatic hydroxyl groups is 1. The van der Waals surface area contributed by atoms with Crippen molar-refractivity contribution in [1.82, 2.24) is 0 Å². The van der Waals surface area contributed by atoms with Crippen molar-refractivity contribution in [2.45, 2.75) is 32.8 Å². The molecular weight excluding hydrogens is 216 g/mol. The first-order valence-electron chi connectivity index (χ1n) is 6.26. The number of hydrogen-bond acceptors (Lipinski definition) is 3. The average Bonchev–Trinajstić information content (AvgIpc) is 2.37. The second-order valence-electron chi connectivity index (χ2n) is 3.92. The van der Waals surface area contributed by atoms with Gasteiger partial charge in [0.25, 0.3) is 0 Å². The average molecular weight is 238 g/mol. The summed E-state index contributed by atoms with van der Waals surface area (Å²) in [5.41, 5.74) is 0.911. The summed E-state index contributed by atoms with van der Waals surface area (Å²) in [7, 11) is 0. The van der Waals surface area contributed by atoms with E-state index in [1.165, 1.54) is 0 Å². The molecule has 0 heterocycles. The van der Waals surface area contributed by atoms with Gasteiger partial charge in [0, 0.05) is 19.6 Å². The standard InChI is InChI=1S/C14H22O3/c1-3-10-17-13-7-5-12(6-8-13)14(15)9-11-16-4-2/h5-8,14-15H,3-4,9-11H2,1-2H3. The first-order valence-corrected chi connectivity index (χ1v) is 6.26. The van der Waals surface area contributed by atoms with E-state index < -0.39 is 6.10 Å². The predicted octanol–water partition coefficient (Wildman–Crippen LogP) is 2.94. The van der Waals surface area contributed by atoms with Crippen molar-refractivity contribution in [2.75, 3.05) is 19.8 Å². The molecule has 96 valence electrons. The fourth-order valence-corrected chi connectivity index (χ4v) is 1.51. The zero-order valence-corrected chi connectivity index (χ0v) is 10.7. The van der Waals surface area contributed by atoms with Crippen LogP contribution in [-0.4, -0.2) is 24.9 Å². The van der Waals surface area contributed by atoms with E-state index in [-0.39, 0.29) is 0 Å². The highest BCUT2D eigenvalue weighted by atomic mass is 16.5. The minimum absolute atomic E-state index is 0.457. The maximum Gasteiger partial charge on any atom is 0.119 e. The smallest absolute Gasteiger partial charge is 0.119 e. The lowest BCUT2D eigenvalue weighted by Gasteiger charge is -2.11. The summed E-state index contributed by atoms with van der Waals surface area (Å²) in [5.74, 6) is 0.854. The zero-order valence-electron chi connectivity index (χ0n) is 10.7. The highest BCUT2D eigenvalue weighted by molar-refractivity contribution is 5.28. The molecule has 0 aromatic heterocycles. The second kappa shape index (κ2) is 8.09. The normalized spacial score (nSPS) is 12.4. The molecule has 0 saturated carbocycles. The van der Waals surface area contributed by atoms with Crippen LogP contribution < -0.4 is 4.74 Å². The van der Waals surface area contributed by atoms with Gasteiger partial charge >= 0.3 is 0 Å². The van der Waals surface area contributed by atoms with E-state index in [9.17, 15) is 5.11 Å². The molecule has 17 heavy (non-hydrogen) atoms. The maximum atomic E-state index is 9.89. The Morgan fingerprint density at radius 2 is 1.82 bits per heavy atom. The Morgan fingerprint density at radius 1 is 1.12 bits per heavy atom. The topological polar surface area (TPSA) is 38.7 Å². The number of ether oxygens (including phenoxy) is 2. The van der Waals surface area contributed by atoms with Crippen LogP contribution in [0.3, 0.4) is 0 Å². The highest BCUT2D eigenvalue weighted by Crippen LogP contribution is 2.20. The predicted molar refractivity (Wildman–Crippen MR) is 68.3 cm³/mol. The fourth-order valence-electron chi connectivity index (χ4n) is 1.51. The Balaban J connectivity index is 2.43. The molecule has 1 N–H and O–H groups in total. The van der Waals surface area contributed by atoms with E-state index in [0.717, 1.165) is 24.3 Å². The second-order valence-corrected chi connectivity index (χ2v) is 3.92. The van der Waals surface area contributed by atoms with Crippen molar-refractivity contribution in [1.29, 1.82) is 0 Å². The van der Waals surface area contributed by atoms with Crippen molar-refractivity contribution in [3.63, 3.8) is 0 Å². The van der Waals surface area contributed by atoms with E-state index >= 15 is 0 Å². The summed E-state index contributed by atoms with van der Waals surface area (Å²) in [6.07, 6.45) is 1.17. The molecule has 0 saturated heterocycles. The molecule has 0 amide bonds. The van der Waals surface area contributed by atoms with Crippen molar-refractivity contribution < 1.29 is 14.6 Å². The Bertz CT molecular complexity index is 295. The van der Waals surface area contributed by atoms with Crippen molar-refractivity contribution in [3.05, 3.63) is 29.8 Å². The van der Waals surface area contributed by atoms with Crippen molar-refractivity contribution in [2.24, 2.45) is 0 Å². The largest absolute Gasteiger partial charge is 0.494 e. The lowest BCUT2D eigenvalue weighted by atomic mass is 10.1. The summed E-state index contributed by atoms with van der Waals surface area (Å²) in [6.45, 7) is 6.03. The number of rotatable bonds is 8. The highest BCUT2D eigenvalue weighted by Gasteiger charge is 2.07. The molecule has 1 aromatic rings. The van der Waals surface area contributed by atoms with Gasteiger partial charge in [-0.1, -0.05) is 19.1 Å². The van der Waals surface area contributed by atoms with Crippen LogP contribution >= 0.6 is 0 Å². The Hall–Kier alpha value is -1.06. The van der Waals surface area contributed by atoms with E-state index in [4.69, 9.17) is 9.47 Å². The molecule has 1 atom stereocenters. The first kappa shape index (κ1) is 14.0. The number of benzene rings is 1. The zero-order chi connectivity index (χ0) is 12.5. The van der Waals surface area contributed by atoms with Gasteiger partial charge in [0.2, 0.25) is 0 Å². The summed E-state index contributed by atoms with van der Waals surface area (Å²) in [5, 5.41) is 9.89. The summed E-state index contributed by atoms with van der Waals surface area (Å²) in [6, 6.07) is 7.60. The minimum atomic E-state index is -0.457. The van der Waals surface area contributed by atoms with Gasteiger partial charge in [-0.15, -0.1) is 0 Å². The Kier molecular flexibility index (Phi) is 6.67. The number of aliphatic hydroxyl groups excluding tert-OH is 1. The van der Waals surface area contributed by atoms with Gasteiger partial charge in [0.15, 0.2) is 0 Å². The van der Waals surface area contributed by atoms with Gasteiger partial charge in [-0.2, -0.15) is 0 Å². The van der Waals surface area contributed by atoms with E-state index in [0.29, 0.717) is 19.6 Å². The van der Waals surface area contributed by atoms with Crippen molar-refractivity contribution in [3.8, 4) is 5.75 Å². The van der Waals surface area contributed by atoms with Crippen LogP contribution in [0.25, 0.3) is 0 Å². The molecule has 1 aromatic carbocycles. The molecule has 0 fully saturated rings. The summed E-state index contributed by atoms with van der Waals surface area (Å²) < 4.78 is 10.7. The van der Waals surface area contributed by atoms with Gasteiger partial charge < -0.3 is 14.6 Å². The van der Waals surface area contributed by atoms with Crippen LogP contribution in [0.1, 0.15) is 38.4 Å². The molecule has 0 bridgehead atoms. The molecule has 0 aliphatic heterocycles. The molecular formula is C14H22O3. The molecule has 0 aliphatic carbocycles. The molecule has 3 heteroatoms. The van der Waals surface area contributed by atoms with Crippen LogP contribution in [0.15, 0.2) is 24.3 Å². The summed E-state index contributed by atoms with van der Waals surface area (Å²) >= 11 is 0. The van der Waals surface area contributed by atoms with Gasteiger partial charge in [0.05, 0.1) is 12.7 Å². The first-order chi connectivity index (χ1) is 8.27. The van der Waals surface area contributed by atoms with E-state index in [2.05, 4.69) is 6.92 Å². The van der Waals surface area contributed by atoms with E-state index in [1.54, 1.807) is 0 Å². The summed E-state index contributed by atoms with van der Waals surface area (Å²) in [4.78, 5) is 0. The Labute approximate surface area is 103 Å². The fraction of sp³-hybridized carbons (Fsp3) is 0.571. The minimum Gasteiger partial charge on any atom is -0.494 e.